The van der Waals surface area contributed by atoms with Gasteiger partial charge in [0.05, 0.1) is 11.0 Å². The Kier molecular flexibility index (Phi) is 10.4. The number of hydrogen-bond acceptors (Lipinski definition) is 6. The number of aromatic nitrogens is 4. The van der Waals surface area contributed by atoms with E-state index < -0.39 is 0 Å². The first kappa shape index (κ1) is 26.5. The third-order valence-corrected chi connectivity index (χ3v) is 6.02. The van der Waals surface area contributed by atoms with Gasteiger partial charge < -0.3 is 20.4 Å². The van der Waals surface area contributed by atoms with Gasteiger partial charge in [-0.2, -0.15) is 10.2 Å². The minimum absolute atomic E-state index is 1.04. The van der Waals surface area contributed by atoms with Gasteiger partial charge in [-0.3, -0.25) is 9.78 Å². The van der Waals surface area contributed by atoms with Crippen LogP contribution in [0.15, 0.2) is 48.5 Å². The second-order valence-electron chi connectivity index (χ2n) is 8.03. The van der Waals surface area contributed by atoms with Gasteiger partial charge in [-0.1, -0.05) is 52.0 Å². The predicted molar refractivity (Wildman–Crippen MR) is 150 cm³/mol. The van der Waals surface area contributed by atoms with Crippen molar-refractivity contribution in [2.45, 2.75) is 27.7 Å². The van der Waals surface area contributed by atoms with Gasteiger partial charge in [-0.15, -0.1) is 0 Å². The summed E-state index contributed by atoms with van der Waals surface area (Å²) in [5.74, 6) is 2.21. The first-order valence-electron chi connectivity index (χ1n) is 13.1. The average Bonchev–Trinajstić information content (AvgIpc) is 3.54. The molecule has 2 fully saturated rings. The molecule has 0 spiro atoms. The molecule has 0 amide bonds. The number of H-pyrrole nitrogens is 1. The Bertz CT molecular complexity index is 1140. The molecule has 2 aromatic carbocycles. The molecule has 2 aliphatic rings. The Morgan fingerprint density at radius 3 is 1.80 bits per heavy atom. The molecular weight excluding hydrogens is 436 g/mol. The lowest BCUT2D eigenvalue weighted by molar-refractivity contribution is 0.582. The normalized spacial score (nSPS) is 15.5. The molecular formula is C27H42N8. The largest absolute Gasteiger partial charge is 0.352 e. The zero-order chi connectivity index (χ0) is 25.0. The standard InChI is InChI=1S/C12H16N4.C11H14N4.2C2H6/c1-15-11-5-3-2-4-10(11)12(14-15)16-8-6-13-7-9-16;1-2-4-10-9(3-1)11(14-13-10)15-7-5-12-6-8-15;2*1-2/h2-5,13H,6-9H2,1H3;1-4,12H,5-8H2,(H,13,14);2*1-2H3. The summed E-state index contributed by atoms with van der Waals surface area (Å²) in [6, 6.07) is 16.7. The molecule has 0 aliphatic carbocycles. The van der Waals surface area contributed by atoms with Gasteiger partial charge in [-0.25, -0.2) is 0 Å². The van der Waals surface area contributed by atoms with Crippen molar-refractivity contribution in [3.05, 3.63) is 48.5 Å². The number of nitrogens with one attached hydrogen (secondary N) is 3. The van der Waals surface area contributed by atoms with E-state index in [1.54, 1.807) is 0 Å². The summed E-state index contributed by atoms with van der Waals surface area (Å²) < 4.78 is 1.96. The zero-order valence-electron chi connectivity index (χ0n) is 22.0. The highest BCUT2D eigenvalue weighted by atomic mass is 15.4. The lowest BCUT2D eigenvalue weighted by atomic mass is 10.2. The second kappa shape index (κ2) is 13.7. The summed E-state index contributed by atoms with van der Waals surface area (Å²) in [6.07, 6.45) is 0. The maximum Gasteiger partial charge on any atom is 0.158 e. The lowest BCUT2D eigenvalue weighted by Crippen LogP contribution is -2.43. The molecule has 0 atom stereocenters. The molecule has 2 aromatic heterocycles. The van der Waals surface area contributed by atoms with Gasteiger partial charge in [0.15, 0.2) is 11.6 Å². The molecule has 0 saturated carbocycles. The molecule has 4 heterocycles. The van der Waals surface area contributed by atoms with E-state index in [0.717, 1.165) is 69.5 Å². The van der Waals surface area contributed by atoms with Gasteiger partial charge in [0, 0.05) is 70.2 Å². The molecule has 2 saturated heterocycles. The molecule has 8 heteroatoms. The number of aromatic amines is 1. The van der Waals surface area contributed by atoms with Gasteiger partial charge in [0.25, 0.3) is 0 Å². The Labute approximate surface area is 209 Å². The van der Waals surface area contributed by atoms with E-state index >= 15 is 0 Å². The minimum Gasteiger partial charge on any atom is -0.352 e. The Morgan fingerprint density at radius 1 is 0.657 bits per heavy atom. The summed E-state index contributed by atoms with van der Waals surface area (Å²) in [7, 11) is 2.01. The van der Waals surface area contributed by atoms with Crippen molar-refractivity contribution >= 4 is 33.4 Å². The number of para-hydroxylation sites is 2. The minimum atomic E-state index is 1.04. The van der Waals surface area contributed by atoms with E-state index in [0.29, 0.717) is 0 Å². The summed E-state index contributed by atoms with van der Waals surface area (Å²) in [5, 5.41) is 21.3. The number of piperazine rings is 2. The van der Waals surface area contributed by atoms with Gasteiger partial charge >= 0.3 is 0 Å². The highest BCUT2D eigenvalue weighted by Crippen LogP contribution is 2.25. The summed E-state index contributed by atoms with van der Waals surface area (Å²) in [6.45, 7) is 16.3. The number of rotatable bonds is 2. The first-order chi connectivity index (χ1) is 17.3. The Balaban J connectivity index is 0.000000172. The van der Waals surface area contributed by atoms with E-state index in [2.05, 4.69) is 78.2 Å². The molecule has 4 aromatic rings. The zero-order valence-corrected chi connectivity index (χ0v) is 22.0. The molecule has 8 nitrogen and oxygen atoms in total. The van der Waals surface area contributed by atoms with Crippen molar-refractivity contribution in [3.8, 4) is 0 Å². The van der Waals surface area contributed by atoms with Crippen molar-refractivity contribution in [1.82, 2.24) is 30.6 Å². The van der Waals surface area contributed by atoms with Crippen molar-refractivity contribution in [2.75, 3.05) is 62.2 Å². The van der Waals surface area contributed by atoms with Crippen LogP contribution >= 0.6 is 0 Å². The maximum absolute atomic E-state index is 4.63. The van der Waals surface area contributed by atoms with Crippen molar-refractivity contribution in [3.63, 3.8) is 0 Å². The molecule has 6 rings (SSSR count). The third kappa shape index (κ3) is 6.32. The quantitative estimate of drug-likeness (QED) is 0.404. The smallest absolute Gasteiger partial charge is 0.158 e. The number of nitrogens with zero attached hydrogens (tertiary/aromatic N) is 5. The fraction of sp³-hybridized carbons (Fsp3) is 0.481. The fourth-order valence-corrected chi connectivity index (χ4v) is 4.37. The molecule has 35 heavy (non-hydrogen) atoms. The second-order valence-corrected chi connectivity index (χ2v) is 8.03. The first-order valence-corrected chi connectivity index (χ1v) is 13.1. The summed E-state index contributed by atoms with van der Waals surface area (Å²) >= 11 is 0. The van der Waals surface area contributed by atoms with Crippen LogP contribution in [0, 0.1) is 0 Å². The molecule has 0 radical (unpaired) electrons. The van der Waals surface area contributed by atoms with Crippen LogP contribution in [0.1, 0.15) is 27.7 Å². The van der Waals surface area contributed by atoms with Gasteiger partial charge in [0.2, 0.25) is 0 Å². The summed E-state index contributed by atoms with van der Waals surface area (Å²) in [5.41, 5.74) is 2.32. The lowest BCUT2D eigenvalue weighted by Gasteiger charge is -2.27. The van der Waals surface area contributed by atoms with E-state index in [1.807, 2.05) is 45.5 Å². The highest BCUT2D eigenvalue weighted by Gasteiger charge is 2.17. The van der Waals surface area contributed by atoms with Crippen LogP contribution in [0.2, 0.25) is 0 Å². The number of benzene rings is 2. The Hall–Kier alpha value is -3.10. The predicted octanol–water partition coefficient (Wildman–Crippen LogP) is 4.01. The number of anilines is 2. The molecule has 190 valence electrons. The number of aryl methyl sites for hydroxylation is 1. The van der Waals surface area contributed by atoms with Crippen molar-refractivity contribution in [2.24, 2.45) is 7.05 Å². The van der Waals surface area contributed by atoms with Crippen LogP contribution in [0.3, 0.4) is 0 Å². The Morgan fingerprint density at radius 2 is 1.17 bits per heavy atom. The van der Waals surface area contributed by atoms with Crippen LogP contribution in [0.25, 0.3) is 21.8 Å². The monoisotopic (exact) mass is 478 g/mol. The molecule has 0 unspecified atom stereocenters. The van der Waals surface area contributed by atoms with Crippen LogP contribution < -0.4 is 20.4 Å². The highest BCUT2D eigenvalue weighted by molar-refractivity contribution is 5.91. The third-order valence-electron chi connectivity index (χ3n) is 6.02. The van der Waals surface area contributed by atoms with E-state index in [1.165, 1.54) is 16.3 Å². The molecule has 2 aliphatic heterocycles. The van der Waals surface area contributed by atoms with E-state index in [9.17, 15) is 0 Å². The SMILES string of the molecule is CC.CC.Cn1nc(N2CCNCC2)c2ccccc21.c1ccc2c(N3CCNCC3)n[nH]c2c1. The van der Waals surface area contributed by atoms with Gasteiger partial charge in [-0.05, 0) is 24.3 Å². The topological polar surface area (TPSA) is 77.0 Å². The van der Waals surface area contributed by atoms with Crippen LogP contribution in [-0.4, -0.2) is 72.3 Å². The van der Waals surface area contributed by atoms with Crippen LogP contribution in [0.5, 0.6) is 0 Å². The van der Waals surface area contributed by atoms with Crippen molar-refractivity contribution < 1.29 is 0 Å². The fourth-order valence-electron chi connectivity index (χ4n) is 4.37. The molecule has 0 bridgehead atoms. The summed E-state index contributed by atoms with van der Waals surface area (Å²) in [4.78, 5) is 4.69. The van der Waals surface area contributed by atoms with Crippen molar-refractivity contribution in [1.29, 1.82) is 0 Å². The number of fused-ring (bicyclic) bond motifs is 2. The van der Waals surface area contributed by atoms with Crippen LogP contribution in [0.4, 0.5) is 11.6 Å². The van der Waals surface area contributed by atoms with E-state index in [4.69, 9.17) is 0 Å². The average molecular weight is 479 g/mol. The maximum atomic E-state index is 4.63. The van der Waals surface area contributed by atoms with Gasteiger partial charge in [0.1, 0.15) is 0 Å². The van der Waals surface area contributed by atoms with E-state index in [-0.39, 0.29) is 0 Å². The van der Waals surface area contributed by atoms with Crippen LogP contribution in [-0.2, 0) is 7.05 Å². The number of hydrogen-bond donors (Lipinski definition) is 3. The molecule has 3 N–H and O–H groups in total.